The van der Waals surface area contributed by atoms with Gasteiger partial charge in [-0.3, -0.25) is 9.78 Å². The molecule has 3 heterocycles. The molecular weight excluding hydrogens is 268 g/mol. The van der Waals surface area contributed by atoms with E-state index in [9.17, 15) is 9.59 Å². The van der Waals surface area contributed by atoms with E-state index in [0.717, 1.165) is 0 Å². The van der Waals surface area contributed by atoms with Gasteiger partial charge in [-0.2, -0.15) is 0 Å². The molecule has 0 amide bonds. The van der Waals surface area contributed by atoms with Gasteiger partial charge in [-0.15, -0.1) is 0 Å². The lowest BCUT2D eigenvalue weighted by molar-refractivity contribution is 0.105. The number of hydrogen-bond donors (Lipinski definition) is 0. The predicted molar refractivity (Wildman–Crippen MR) is 75.9 cm³/mol. The van der Waals surface area contributed by atoms with E-state index in [1.54, 1.807) is 36.5 Å². The van der Waals surface area contributed by atoms with Crippen LogP contribution in [0.25, 0.3) is 16.7 Å². The highest BCUT2D eigenvalue weighted by atomic mass is 16.4. The van der Waals surface area contributed by atoms with Crippen molar-refractivity contribution in [3.05, 3.63) is 76.0 Å². The van der Waals surface area contributed by atoms with Crippen molar-refractivity contribution in [2.45, 2.75) is 0 Å². The fourth-order valence-electron chi connectivity index (χ4n) is 2.40. The quantitative estimate of drug-likeness (QED) is 0.681. The predicted octanol–water partition coefficient (Wildman–Crippen LogP) is 2.21. The molecule has 0 unspecified atom stereocenters. The van der Waals surface area contributed by atoms with Crippen molar-refractivity contribution >= 4 is 22.5 Å². The van der Waals surface area contributed by atoms with Crippen LogP contribution in [0.5, 0.6) is 0 Å². The summed E-state index contributed by atoms with van der Waals surface area (Å²) in [4.78, 5) is 31.8. The molecule has 0 aliphatic heterocycles. The summed E-state index contributed by atoms with van der Waals surface area (Å²) in [6.07, 6.45) is 3.18. The Labute approximate surface area is 118 Å². The van der Waals surface area contributed by atoms with Gasteiger partial charge in [-0.1, -0.05) is 0 Å². The van der Waals surface area contributed by atoms with Gasteiger partial charge in [0.1, 0.15) is 5.52 Å². The summed E-state index contributed by atoms with van der Waals surface area (Å²) < 4.78 is 5.05. The Morgan fingerprint density at radius 1 is 1.00 bits per heavy atom. The van der Waals surface area contributed by atoms with E-state index in [1.807, 2.05) is 0 Å². The number of aromatic nitrogens is 2. The lowest BCUT2D eigenvalue weighted by Crippen LogP contribution is -1.98. The lowest BCUT2D eigenvalue weighted by Gasteiger charge is -2.04. The highest BCUT2D eigenvalue weighted by molar-refractivity contribution is 6.17. The molecule has 3 aromatic heterocycles. The van der Waals surface area contributed by atoms with Gasteiger partial charge in [-0.05, 0) is 36.4 Å². The third-order valence-electron chi connectivity index (χ3n) is 3.35. The van der Waals surface area contributed by atoms with E-state index in [4.69, 9.17) is 4.42 Å². The maximum Gasteiger partial charge on any atom is 0.336 e. The van der Waals surface area contributed by atoms with Crippen LogP contribution in [-0.4, -0.2) is 15.8 Å². The molecule has 100 valence electrons. The van der Waals surface area contributed by atoms with E-state index in [1.165, 1.54) is 12.1 Å². The molecule has 4 rings (SSSR count). The van der Waals surface area contributed by atoms with Crippen molar-refractivity contribution in [2.24, 2.45) is 0 Å². The number of allylic oxidation sites excluding steroid dienone is 1. The second-order valence-electron chi connectivity index (χ2n) is 4.66. The number of ketones is 1. The van der Waals surface area contributed by atoms with Crippen LogP contribution >= 0.6 is 0 Å². The van der Waals surface area contributed by atoms with Crippen LogP contribution in [0.1, 0.15) is 21.7 Å². The summed E-state index contributed by atoms with van der Waals surface area (Å²) in [5, 5.41) is 0. The molecule has 5 heteroatoms. The summed E-state index contributed by atoms with van der Waals surface area (Å²) in [5.74, 6) is -0.0745. The average Bonchev–Trinajstić information content (AvgIpc) is 2.84. The van der Waals surface area contributed by atoms with E-state index < -0.39 is 5.63 Å². The number of rotatable bonds is 1. The molecule has 3 aromatic rings. The fourth-order valence-corrected chi connectivity index (χ4v) is 2.40. The highest BCUT2D eigenvalue weighted by Gasteiger charge is 2.24. The molecule has 0 aromatic carbocycles. The molecule has 0 radical (unpaired) electrons. The third-order valence-corrected chi connectivity index (χ3v) is 3.35. The van der Waals surface area contributed by atoms with Crippen LogP contribution in [0.4, 0.5) is 0 Å². The van der Waals surface area contributed by atoms with Crippen LogP contribution in [0.3, 0.4) is 0 Å². The van der Waals surface area contributed by atoms with Crippen LogP contribution in [0, 0.1) is 0 Å². The number of hydrogen-bond acceptors (Lipinski definition) is 5. The maximum absolute atomic E-state index is 12.0. The van der Waals surface area contributed by atoms with E-state index in [-0.39, 0.29) is 5.78 Å². The second kappa shape index (κ2) is 4.21. The van der Waals surface area contributed by atoms with Gasteiger partial charge in [0, 0.05) is 23.4 Å². The minimum atomic E-state index is -0.417. The Balaban J connectivity index is 1.92. The molecule has 0 saturated carbocycles. The van der Waals surface area contributed by atoms with Gasteiger partial charge in [0.15, 0.2) is 11.4 Å². The van der Waals surface area contributed by atoms with Crippen LogP contribution in [0.15, 0.2) is 57.9 Å². The molecule has 1 aliphatic carbocycles. The van der Waals surface area contributed by atoms with Crippen LogP contribution < -0.4 is 5.63 Å². The zero-order valence-corrected chi connectivity index (χ0v) is 10.7. The Kier molecular flexibility index (Phi) is 2.35. The normalized spacial score (nSPS) is 13.3. The SMILES string of the molecule is O=C1C=C(c2ccc3oc(=O)ccc3n2)c2ncccc21. The second-order valence-corrected chi connectivity index (χ2v) is 4.66. The van der Waals surface area contributed by atoms with Crippen molar-refractivity contribution < 1.29 is 9.21 Å². The van der Waals surface area contributed by atoms with Crippen molar-refractivity contribution in [3.63, 3.8) is 0 Å². The first-order valence-corrected chi connectivity index (χ1v) is 6.35. The summed E-state index contributed by atoms with van der Waals surface area (Å²) >= 11 is 0. The van der Waals surface area contributed by atoms with Crippen molar-refractivity contribution in [1.29, 1.82) is 0 Å². The monoisotopic (exact) mass is 276 g/mol. The van der Waals surface area contributed by atoms with Gasteiger partial charge in [0.2, 0.25) is 0 Å². The van der Waals surface area contributed by atoms with E-state index in [2.05, 4.69) is 9.97 Å². The molecule has 0 fully saturated rings. The minimum Gasteiger partial charge on any atom is -0.421 e. The number of carbonyl (C=O) groups excluding carboxylic acids is 1. The Bertz CT molecular complexity index is 986. The van der Waals surface area contributed by atoms with E-state index in [0.29, 0.717) is 33.6 Å². The molecule has 21 heavy (non-hydrogen) atoms. The summed E-state index contributed by atoms with van der Waals surface area (Å²) in [5.41, 5.74) is 3.08. The standard InChI is InChI=1S/C16H8N2O3/c19-13-8-10(16-9(13)2-1-7-17-16)11-3-5-14-12(18-11)4-6-15(20)21-14/h1-8H. The molecule has 5 nitrogen and oxygen atoms in total. The molecule has 0 spiro atoms. The Hall–Kier alpha value is -3.08. The summed E-state index contributed by atoms with van der Waals surface area (Å²) in [6.45, 7) is 0. The van der Waals surface area contributed by atoms with Crippen LogP contribution in [0.2, 0.25) is 0 Å². The average molecular weight is 276 g/mol. The number of carbonyl (C=O) groups is 1. The molecule has 0 atom stereocenters. The first-order valence-electron chi connectivity index (χ1n) is 6.35. The van der Waals surface area contributed by atoms with Crippen molar-refractivity contribution in [1.82, 2.24) is 9.97 Å². The minimum absolute atomic E-state index is 0.0745. The van der Waals surface area contributed by atoms with Gasteiger partial charge >= 0.3 is 5.63 Å². The van der Waals surface area contributed by atoms with Crippen molar-refractivity contribution in [2.75, 3.05) is 0 Å². The van der Waals surface area contributed by atoms with Gasteiger partial charge < -0.3 is 4.42 Å². The Morgan fingerprint density at radius 2 is 1.90 bits per heavy atom. The summed E-state index contributed by atoms with van der Waals surface area (Å²) in [6, 6.07) is 9.78. The third kappa shape index (κ3) is 1.79. The molecule has 0 N–H and O–H groups in total. The summed E-state index contributed by atoms with van der Waals surface area (Å²) in [7, 11) is 0. The highest BCUT2D eigenvalue weighted by Crippen LogP contribution is 2.30. The molecule has 0 bridgehead atoms. The van der Waals surface area contributed by atoms with Crippen molar-refractivity contribution in [3.8, 4) is 0 Å². The molecule has 0 saturated heterocycles. The maximum atomic E-state index is 12.0. The fraction of sp³-hybridized carbons (Fsp3) is 0. The first kappa shape index (κ1) is 11.7. The number of nitrogens with zero attached hydrogens (tertiary/aromatic N) is 2. The molecular formula is C16H8N2O3. The van der Waals surface area contributed by atoms with E-state index >= 15 is 0 Å². The van der Waals surface area contributed by atoms with Gasteiger partial charge in [0.25, 0.3) is 0 Å². The Morgan fingerprint density at radius 3 is 2.81 bits per heavy atom. The van der Waals surface area contributed by atoms with Gasteiger partial charge in [0.05, 0.1) is 11.4 Å². The zero-order chi connectivity index (χ0) is 14.4. The van der Waals surface area contributed by atoms with Gasteiger partial charge in [-0.25, -0.2) is 9.78 Å². The topological polar surface area (TPSA) is 73.1 Å². The zero-order valence-electron chi connectivity index (χ0n) is 10.7. The number of fused-ring (bicyclic) bond motifs is 2. The first-order chi connectivity index (χ1) is 10.2. The number of pyridine rings is 2. The smallest absolute Gasteiger partial charge is 0.336 e. The lowest BCUT2D eigenvalue weighted by atomic mass is 10.1. The van der Waals surface area contributed by atoms with Crippen LogP contribution in [-0.2, 0) is 0 Å². The molecule has 1 aliphatic rings. The largest absolute Gasteiger partial charge is 0.421 e.